The summed E-state index contributed by atoms with van der Waals surface area (Å²) in [5.74, 6) is -4.51. The van der Waals surface area contributed by atoms with Crippen molar-refractivity contribution in [3.05, 3.63) is 34.5 Å². The fraction of sp³-hybridized carbons (Fsp3) is 0.286. The number of rotatable bonds is 4. The first-order valence-corrected chi connectivity index (χ1v) is 9.78. The van der Waals surface area contributed by atoms with Gasteiger partial charge in [-0.2, -0.15) is 0 Å². The van der Waals surface area contributed by atoms with Crippen molar-refractivity contribution in [1.29, 1.82) is 0 Å². The molecule has 1 aliphatic heterocycles. The zero-order valence-electron chi connectivity index (χ0n) is 17.1. The molecule has 1 saturated heterocycles. The second kappa shape index (κ2) is 8.55. The molecule has 0 radical (unpaired) electrons. The van der Waals surface area contributed by atoms with Gasteiger partial charge in [0, 0.05) is 11.6 Å². The highest BCUT2D eigenvalue weighted by Gasteiger charge is 2.43. The maximum Gasteiger partial charge on any atom is 0.238 e. The molecule has 0 spiro atoms. The van der Waals surface area contributed by atoms with Crippen LogP contribution in [0, 0.1) is 0 Å². The number of hydrogen-bond donors (Lipinski definition) is 9. The van der Waals surface area contributed by atoms with Crippen LogP contribution >= 0.6 is 0 Å². The van der Waals surface area contributed by atoms with Gasteiger partial charge in [0.15, 0.2) is 34.9 Å². The van der Waals surface area contributed by atoms with Gasteiger partial charge in [-0.25, -0.2) is 0 Å². The molecule has 1 aromatic heterocycles. The average Bonchev–Trinajstić information content (AvgIpc) is 2.79. The van der Waals surface area contributed by atoms with E-state index in [1.165, 1.54) is 6.07 Å². The highest BCUT2D eigenvalue weighted by Crippen LogP contribution is 2.43. The Kier molecular flexibility index (Phi) is 5.89. The molecule has 0 unspecified atom stereocenters. The Bertz CT molecular complexity index is 1300. The summed E-state index contributed by atoms with van der Waals surface area (Å²) in [7, 11) is 0. The van der Waals surface area contributed by atoms with Crippen molar-refractivity contribution in [3.8, 4) is 45.8 Å². The predicted molar refractivity (Wildman–Crippen MR) is 111 cm³/mol. The van der Waals surface area contributed by atoms with Crippen LogP contribution in [0.15, 0.2) is 33.5 Å². The lowest BCUT2D eigenvalue weighted by atomic mass is 9.99. The average molecular weight is 480 g/mol. The van der Waals surface area contributed by atoms with Gasteiger partial charge in [-0.15, -0.1) is 0 Å². The molecule has 3 aromatic rings. The number of phenolic OH excluding ortho intramolecular Hbond substituents is 4. The first kappa shape index (κ1) is 23.4. The molecule has 0 aliphatic carbocycles. The smallest absolute Gasteiger partial charge is 0.238 e. The van der Waals surface area contributed by atoms with Crippen molar-refractivity contribution < 1.29 is 59.8 Å². The molecule has 13 nitrogen and oxygen atoms in total. The number of ether oxygens (including phenoxy) is 2. The van der Waals surface area contributed by atoms with Gasteiger partial charge in [0.2, 0.25) is 16.9 Å². The van der Waals surface area contributed by atoms with E-state index in [2.05, 4.69) is 0 Å². The number of phenols is 4. The Morgan fingerprint density at radius 1 is 0.824 bits per heavy atom. The summed E-state index contributed by atoms with van der Waals surface area (Å²) in [4.78, 5) is 12.8. The summed E-state index contributed by atoms with van der Waals surface area (Å²) in [5, 5.41) is 88.6. The number of fused-ring (bicyclic) bond motifs is 1. The molecule has 182 valence electrons. The summed E-state index contributed by atoms with van der Waals surface area (Å²) in [6.07, 6.45) is -8.49. The molecule has 0 bridgehead atoms. The van der Waals surface area contributed by atoms with Crippen LogP contribution in [0.4, 0.5) is 0 Å². The summed E-state index contributed by atoms with van der Waals surface area (Å²) in [6.45, 7) is -0.630. The fourth-order valence-electron chi connectivity index (χ4n) is 3.54. The standard InChI is InChI=1S/C21H20O13/c22-7-2-1-6(3-8(7)23)18-16(29)14(27)12-9(24)4-10(25)19(20(12)34-18)32-5-11-13(26)15(28)17(30)21(31)33-11/h1-4,11,13,15,17,21-26,28-31H,5H2/t11-,13-,15-,17+,21-/m1/s1. The lowest BCUT2D eigenvalue weighted by Crippen LogP contribution is -2.58. The van der Waals surface area contributed by atoms with Crippen molar-refractivity contribution in [2.45, 2.75) is 30.7 Å². The fourth-order valence-corrected chi connectivity index (χ4v) is 3.54. The van der Waals surface area contributed by atoms with E-state index in [4.69, 9.17) is 13.9 Å². The predicted octanol–water partition coefficient (Wildman–Crippen LogP) is -0.833. The third kappa shape index (κ3) is 3.81. The summed E-state index contributed by atoms with van der Waals surface area (Å²) in [5.41, 5.74) is -1.70. The highest BCUT2D eigenvalue weighted by molar-refractivity contribution is 5.93. The van der Waals surface area contributed by atoms with Crippen LogP contribution in [0.2, 0.25) is 0 Å². The normalized spacial score (nSPS) is 24.9. The molecule has 2 aromatic carbocycles. The number of aliphatic hydroxyl groups excluding tert-OH is 4. The van der Waals surface area contributed by atoms with Gasteiger partial charge in [-0.05, 0) is 18.2 Å². The monoisotopic (exact) mass is 480 g/mol. The van der Waals surface area contributed by atoms with Crippen LogP contribution in [-0.4, -0.2) is 83.3 Å². The van der Waals surface area contributed by atoms with Gasteiger partial charge < -0.3 is 59.8 Å². The van der Waals surface area contributed by atoms with E-state index in [0.29, 0.717) is 0 Å². The van der Waals surface area contributed by atoms with Crippen molar-refractivity contribution in [2.75, 3.05) is 6.61 Å². The van der Waals surface area contributed by atoms with Gasteiger partial charge >= 0.3 is 0 Å². The summed E-state index contributed by atoms with van der Waals surface area (Å²) < 4.78 is 16.0. The van der Waals surface area contributed by atoms with Crippen LogP contribution in [0.5, 0.6) is 34.5 Å². The quantitative estimate of drug-likeness (QED) is 0.208. The Morgan fingerprint density at radius 2 is 1.53 bits per heavy atom. The van der Waals surface area contributed by atoms with Gasteiger partial charge in [-0.3, -0.25) is 4.79 Å². The lowest BCUT2D eigenvalue weighted by molar-refractivity contribution is -0.285. The number of aliphatic hydroxyl groups is 4. The van der Waals surface area contributed by atoms with Gasteiger partial charge in [0.1, 0.15) is 42.2 Å². The topological polar surface area (TPSA) is 231 Å². The van der Waals surface area contributed by atoms with E-state index in [9.17, 15) is 50.8 Å². The molecule has 0 amide bonds. The molecule has 5 atom stereocenters. The van der Waals surface area contributed by atoms with E-state index in [1.54, 1.807) is 0 Å². The third-order valence-corrected chi connectivity index (χ3v) is 5.37. The second-order valence-corrected chi connectivity index (χ2v) is 7.61. The molecule has 2 heterocycles. The summed E-state index contributed by atoms with van der Waals surface area (Å²) >= 11 is 0. The molecule has 1 fully saturated rings. The molecule has 34 heavy (non-hydrogen) atoms. The Labute approximate surface area is 189 Å². The third-order valence-electron chi connectivity index (χ3n) is 5.37. The van der Waals surface area contributed by atoms with E-state index in [1.807, 2.05) is 0 Å². The van der Waals surface area contributed by atoms with Crippen molar-refractivity contribution in [1.82, 2.24) is 0 Å². The summed E-state index contributed by atoms with van der Waals surface area (Å²) in [6, 6.07) is 4.01. The van der Waals surface area contributed by atoms with E-state index < -0.39 is 94.0 Å². The first-order chi connectivity index (χ1) is 16.0. The van der Waals surface area contributed by atoms with Gasteiger partial charge in [0.25, 0.3) is 0 Å². The Morgan fingerprint density at radius 3 is 2.21 bits per heavy atom. The zero-order chi connectivity index (χ0) is 24.9. The molecule has 9 N–H and O–H groups in total. The van der Waals surface area contributed by atoms with Crippen LogP contribution in [0.3, 0.4) is 0 Å². The van der Waals surface area contributed by atoms with E-state index in [0.717, 1.165) is 18.2 Å². The molecular formula is C21H20O13. The van der Waals surface area contributed by atoms with Crippen LogP contribution in [-0.2, 0) is 4.74 Å². The number of benzene rings is 2. The molecule has 0 saturated carbocycles. The number of aromatic hydroxyl groups is 5. The lowest BCUT2D eigenvalue weighted by Gasteiger charge is -2.38. The van der Waals surface area contributed by atoms with Crippen molar-refractivity contribution in [2.24, 2.45) is 0 Å². The van der Waals surface area contributed by atoms with Crippen LogP contribution < -0.4 is 10.2 Å². The SMILES string of the molecule is O=c1c(O)c(-c2ccc(O)c(O)c2)oc2c(OC[C@H]3O[C@@H](O)[C@@H](O)[C@H](O)[C@@H]3O)c(O)cc(O)c12. The molecule has 4 rings (SSSR count). The van der Waals surface area contributed by atoms with Gasteiger partial charge in [-0.1, -0.05) is 0 Å². The highest BCUT2D eigenvalue weighted by atomic mass is 16.6. The van der Waals surface area contributed by atoms with Crippen LogP contribution in [0.25, 0.3) is 22.3 Å². The van der Waals surface area contributed by atoms with Crippen molar-refractivity contribution in [3.63, 3.8) is 0 Å². The molecule has 13 heteroatoms. The second-order valence-electron chi connectivity index (χ2n) is 7.61. The van der Waals surface area contributed by atoms with E-state index >= 15 is 0 Å². The maximum atomic E-state index is 12.8. The first-order valence-electron chi connectivity index (χ1n) is 9.78. The van der Waals surface area contributed by atoms with Crippen molar-refractivity contribution >= 4 is 11.0 Å². The minimum Gasteiger partial charge on any atom is -0.507 e. The molecule has 1 aliphatic rings. The number of hydrogen-bond acceptors (Lipinski definition) is 13. The Balaban J connectivity index is 1.80. The van der Waals surface area contributed by atoms with Crippen LogP contribution in [0.1, 0.15) is 0 Å². The largest absolute Gasteiger partial charge is 0.507 e. The van der Waals surface area contributed by atoms with E-state index in [-0.39, 0.29) is 5.56 Å². The Hall–Kier alpha value is -3.75. The maximum absolute atomic E-state index is 12.8. The molecular weight excluding hydrogens is 460 g/mol. The zero-order valence-corrected chi connectivity index (χ0v) is 17.1. The van der Waals surface area contributed by atoms with Gasteiger partial charge in [0.05, 0.1) is 0 Å². The minimum atomic E-state index is -1.85. The minimum absolute atomic E-state index is 0.0492.